The molecule has 88 valence electrons. The summed E-state index contributed by atoms with van der Waals surface area (Å²) in [5.41, 5.74) is 1.92. The molecule has 0 saturated heterocycles. The van der Waals surface area contributed by atoms with Gasteiger partial charge in [-0.15, -0.1) is 10.2 Å². The molecule has 2 aromatic rings. The van der Waals surface area contributed by atoms with Crippen molar-refractivity contribution in [2.24, 2.45) is 0 Å². The summed E-state index contributed by atoms with van der Waals surface area (Å²) in [6.07, 6.45) is 0. The van der Waals surface area contributed by atoms with E-state index < -0.39 is 0 Å². The summed E-state index contributed by atoms with van der Waals surface area (Å²) in [5.74, 6) is 0.802. The number of rotatable bonds is 3. The van der Waals surface area contributed by atoms with Gasteiger partial charge in [0.25, 0.3) is 0 Å². The SMILES string of the molecule is CC(C)Nc1ccc(-c2ccccc2Br)nn1. The van der Waals surface area contributed by atoms with Crippen LogP contribution in [0.15, 0.2) is 40.9 Å². The molecule has 0 aliphatic rings. The Labute approximate surface area is 109 Å². The van der Waals surface area contributed by atoms with Crippen molar-refractivity contribution in [1.82, 2.24) is 10.2 Å². The van der Waals surface area contributed by atoms with Crippen LogP contribution in [0.3, 0.4) is 0 Å². The Balaban J connectivity index is 2.27. The van der Waals surface area contributed by atoms with E-state index in [4.69, 9.17) is 0 Å². The second kappa shape index (κ2) is 5.27. The number of benzene rings is 1. The standard InChI is InChI=1S/C13H14BrN3/c1-9(2)15-13-8-7-12(16-17-13)10-5-3-4-6-11(10)14/h3-9H,1-2H3,(H,15,17). The van der Waals surface area contributed by atoms with Crippen LogP contribution in [0.1, 0.15) is 13.8 Å². The molecule has 0 spiro atoms. The lowest BCUT2D eigenvalue weighted by molar-refractivity contribution is 0.874. The second-order valence-electron chi connectivity index (χ2n) is 4.08. The fraction of sp³-hybridized carbons (Fsp3) is 0.231. The minimum atomic E-state index is 0.360. The van der Waals surface area contributed by atoms with Gasteiger partial charge in [0.15, 0.2) is 0 Å². The lowest BCUT2D eigenvalue weighted by atomic mass is 10.1. The van der Waals surface area contributed by atoms with Gasteiger partial charge >= 0.3 is 0 Å². The molecule has 0 aliphatic carbocycles. The largest absolute Gasteiger partial charge is 0.366 e. The molecule has 0 saturated carbocycles. The van der Waals surface area contributed by atoms with E-state index in [0.717, 1.165) is 21.5 Å². The first-order valence-electron chi connectivity index (χ1n) is 5.52. The van der Waals surface area contributed by atoms with Crippen LogP contribution in [0.25, 0.3) is 11.3 Å². The quantitative estimate of drug-likeness (QED) is 0.936. The summed E-state index contributed by atoms with van der Waals surface area (Å²) in [7, 11) is 0. The summed E-state index contributed by atoms with van der Waals surface area (Å²) in [5, 5.41) is 11.6. The lowest BCUT2D eigenvalue weighted by Gasteiger charge is -2.08. The Morgan fingerprint density at radius 2 is 1.82 bits per heavy atom. The molecule has 0 radical (unpaired) electrons. The molecule has 4 heteroatoms. The summed E-state index contributed by atoms with van der Waals surface area (Å²) in [6.45, 7) is 4.15. The second-order valence-corrected chi connectivity index (χ2v) is 4.94. The maximum absolute atomic E-state index is 4.22. The highest BCUT2D eigenvalue weighted by atomic mass is 79.9. The predicted molar refractivity (Wildman–Crippen MR) is 73.9 cm³/mol. The van der Waals surface area contributed by atoms with Gasteiger partial charge in [0.05, 0.1) is 5.69 Å². The van der Waals surface area contributed by atoms with Gasteiger partial charge in [0.2, 0.25) is 0 Å². The molecule has 2 rings (SSSR count). The predicted octanol–water partition coefficient (Wildman–Crippen LogP) is 3.73. The third kappa shape index (κ3) is 3.03. The number of anilines is 1. The topological polar surface area (TPSA) is 37.8 Å². The number of halogens is 1. The molecule has 0 aliphatic heterocycles. The molecule has 1 aromatic carbocycles. The molecular weight excluding hydrogens is 278 g/mol. The van der Waals surface area contributed by atoms with Gasteiger partial charge in [0.1, 0.15) is 5.82 Å². The molecule has 3 nitrogen and oxygen atoms in total. The van der Waals surface area contributed by atoms with Crippen molar-refractivity contribution in [2.45, 2.75) is 19.9 Å². The normalized spacial score (nSPS) is 10.6. The van der Waals surface area contributed by atoms with Crippen LogP contribution < -0.4 is 5.32 Å². The highest BCUT2D eigenvalue weighted by Crippen LogP contribution is 2.26. The van der Waals surface area contributed by atoms with Crippen molar-refractivity contribution >= 4 is 21.7 Å². The minimum absolute atomic E-state index is 0.360. The Kier molecular flexibility index (Phi) is 3.74. The summed E-state index contributed by atoms with van der Waals surface area (Å²) in [6, 6.07) is 12.3. The van der Waals surface area contributed by atoms with Crippen LogP contribution in [-0.4, -0.2) is 16.2 Å². The van der Waals surface area contributed by atoms with Crippen molar-refractivity contribution in [1.29, 1.82) is 0 Å². The molecular formula is C13H14BrN3. The molecule has 1 heterocycles. The Morgan fingerprint density at radius 1 is 1.06 bits per heavy atom. The van der Waals surface area contributed by atoms with Gasteiger partial charge in [-0.25, -0.2) is 0 Å². The van der Waals surface area contributed by atoms with E-state index >= 15 is 0 Å². The molecule has 0 amide bonds. The van der Waals surface area contributed by atoms with E-state index in [-0.39, 0.29) is 0 Å². The Morgan fingerprint density at radius 3 is 2.41 bits per heavy atom. The molecule has 0 unspecified atom stereocenters. The monoisotopic (exact) mass is 291 g/mol. The average molecular weight is 292 g/mol. The van der Waals surface area contributed by atoms with Crippen LogP contribution in [-0.2, 0) is 0 Å². The number of hydrogen-bond donors (Lipinski definition) is 1. The van der Waals surface area contributed by atoms with Gasteiger partial charge < -0.3 is 5.32 Å². The fourth-order valence-corrected chi connectivity index (χ4v) is 2.01. The molecule has 1 aromatic heterocycles. The zero-order valence-corrected chi connectivity index (χ0v) is 11.4. The number of nitrogens with zero attached hydrogens (tertiary/aromatic N) is 2. The van der Waals surface area contributed by atoms with E-state index in [1.165, 1.54) is 0 Å². The summed E-state index contributed by atoms with van der Waals surface area (Å²) < 4.78 is 1.03. The van der Waals surface area contributed by atoms with Gasteiger partial charge in [-0.2, -0.15) is 0 Å². The summed E-state index contributed by atoms with van der Waals surface area (Å²) in [4.78, 5) is 0. The first kappa shape index (κ1) is 12.0. The maximum atomic E-state index is 4.22. The summed E-state index contributed by atoms with van der Waals surface area (Å²) >= 11 is 3.51. The Hall–Kier alpha value is -1.42. The third-order valence-corrected chi connectivity index (χ3v) is 2.94. The van der Waals surface area contributed by atoms with Crippen LogP contribution in [0.2, 0.25) is 0 Å². The Bertz CT molecular complexity index is 494. The molecule has 0 atom stereocenters. The van der Waals surface area contributed by atoms with Gasteiger partial charge in [0, 0.05) is 16.1 Å². The van der Waals surface area contributed by atoms with Crippen molar-refractivity contribution in [3.05, 3.63) is 40.9 Å². The molecule has 17 heavy (non-hydrogen) atoms. The average Bonchev–Trinajstić information content (AvgIpc) is 2.30. The van der Waals surface area contributed by atoms with Crippen LogP contribution in [0.5, 0.6) is 0 Å². The van der Waals surface area contributed by atoms with Gasteiger partial charge in [-0.3, -0.25) is 0 Å². The van der Waals surface area contributed by atoms with Gasteiger partial charge in [-0.1, -0.05) is 34.1 Å². The molecule has 0 bridgehead atoms. The highest BCUT2D eigenvalue weighted by molar-refractivity contribution is 9.10. The van der Waals surface area contributed by atoms with E-state index in [2.05, 4.69) is 45.3 Å². The number of hydrogen-bond acceptors (Lipinski definition) is 3. The van der Waals surface area contributed by atoms with E-state index in [1.807, 2.05) is 36.4 Å². The van der Waals surface area contributed by atoms with Crippen molar-refractivity contribution < 1.29 is 0 Å². The number of aromatic nitrogens is 2. The molecule has 0 fully saturated rings. The van der Waals surface area contributed by atoms with E-state index in [1.54, 1.807) is 0 Å². The maximum Gasteiger partial charge on any atom is 0.148 e. The van der Waals surface area contributed by atoms with Crippen molar-refractivity contribution in [3.8, 4) is 11.3 Å². The third-order valence-electron chi connectivity index (χ3n) is 2.25. The van der Waals surface area contributed by atoms with Crippen LogP contribution in [0.4, 0.5) is 5.82 Å². The first-order chi connectivity index (χ1) is 8.16. The zero-order chi connectivity index (χ0) is 12.3. The zero-order valence-electron chi connectivity index (χ0n) is 9.81. The first-order valence-corrected chi connectivity index (χ1v) is 6.31. The highest BCUT2D eigenvalue weighted by Gasteiger charge is 2.04. The molecule has 1 N–H and O–H groups in total. The minimum Gasteiger partial charge on any atom is -0.366 e. The van der Waals surface area contributed by atoms with Gasteiger partial charge in [-0.05, 0) is 32.0 Å². The number of nitrogens with one attached hydrogen (secondary N) is 1. The van der Waals surface area contributed by atoms with Crippen molar-refractivity contribution in [3.63, 3.8) is 0 Å². The smallest absolute Gasteiger partial charge is 0.148 e. The fourth-order valence-electron chi connectivity index (χ4n) is 1.52. The van der Waals surface area contributed by atoms with E-state index in [9.17, 15) is 0 Å². The van der Waals surface area contributed by atoms with Crippen LogP contribution >= 0.6 is 15.9 Å². The van der Waals surface area contributed by atoms with Crippen LogP contribution in [0, 0.1) is 0 Å². The van der Waals surface area contributed by atoms with Crippen molar-refractivity contribution in [2.75, 3.05) is 5.32 Å². The lowest BCUT2D eigenvalue weighted by Crippen LogP contribution is -2.11. The van der Waals surface area contributed by atoms with E-state index in [0.29, 0.717) is 6.04 Å².